The van der Waals surface area contributed by atoms with Crippen LogP contribution in [-0.2, 0) is 0 Å². The highest BCUT2D eigenvalue weighted by Crippen LogP contribution is 2.42. The van der Waals surface area contributed by atoms with Crippen LogP contribution in [0.3, 0.4) is 0 Å². The minimum Gasteiger partial charge on any atom is -0.396 e. The Morgan fingerprint density at radius 3 is 2.47 bits per heavy atom. The van der Waals surface area contributed by atoms with Crippen LogP contribution < -0.4 is 5.73 Å². The first-order chi connectivity index (χ1) is 7.26. The van der Waals surface area contributed by atoms with Gasteiger partial charge in [-0.1, -0.05) is 45.4 Å². The van der Waals surface area contributed by atoms with Crippen LogP contribution in [-0.4, -0.2) is 18.3 Å². The number of unbranched alkanes of at least 4 members (excludes halogenated alkanes) is 3. The van der Waals surface area contributed by atoms with Crippen molar-refractivity contribution < 1.29 is 5.11 Å². The normalized spacial score (nSPS) is 20.2. The summed E-state index contributed by atoms with van der Waals surface area (Å²) in [5, 5.41) is 9.53. The van der Waals surface area contributed by atoms with Crippen molar-refractivity contribution in [2.45, 2.75) is 58.3 Å². The van der Waals surface area contributed by atoms with Gasteiger partial charge in [-0.2, -0.15) is 0 Å². The third-order valence-electron chi connectivity index (χ3n) is 3.75. The maximum atomic E-state index is 9.53. The minimum absolute atomic E-state index is 0.0505. The molecule has 90 valence electrons. The predicted molar refractivity (Wildman–Crippen MR) is 64.7 cm³/mol. The van der Waals surface area contributed by atoms with Crippen LogP contribution in [0.5, 0.6) is 0 Å². The molecule has 1 saturated carbocycles. The molecule has 15 heavy (non-hydrogen) atoms. The minimum atomic E-state index is 0.0505. The fourth-order valence-corrected chi connectivity index (χ4v) is 2.36. The summed E-state index contributed by atoms with van der Waals surface area (Å²) in [5.74, 6) is 0.867. The molecule has 1 unspecified atom stereocenters. The molecule has 0 bridgehead atoms. The molecule has 0 aliphatic heterocycles. The zero-order valence-corrected chi connectivity index (χ0v) is 10.2. The van der Waals surface area contributed by atoms with E-state index in [4.69, 9.17) is 5.73 Å². The molecule has 0 spiro atoms. The topological polar surface area (TPSA) is 46.2 Å². The number of hydrogen-bond acceptors (Lipinski definition) is 2. The zero-order valence-electron chi connectivity index (χ0n) is 10.2. The number of aliphatic hydroxyl groups is 1. The third kappa shape index (κ3) is 4.52. The van der Waals surface area contributed by atoms with Crippen molar-refractivity contribution in [2.75, 3.05) is 13.2 Å². The molecule has 0 aromatic carbocycles. The lowest BCUT2D eigenvalue weighted by atomic mass is 9.78. The Hall–Kier alpha value is -0.0800. The number of hydrogen-bond donors (Lipinski definition) is 2. The summed E-state index contributed by atoms with van der Waals surface area (Å²) < 4.78 is 0. The summed E-state index contributed by atoms with van der Waals surface area (Å²) in [4.78, 5) is 0. The number of rotatable bonds is 9. The zero-order chi connectivity index (χ0) is 11.1. The molecular formula is C13H27NO. The van der Waals surface area contributed by atoms with E-state index in [1.54, 1.807) is 0 Å². The van der Waals surface area contributed by atoms with E-state index in [9.17, 15) is 5.11 Å². The van der Waals surface area contributed by atoms with Crippen LogP contribution in [0.2, 0.25) is 0 Å². The fourth-order valence-electron chi connectivity index (χ4n) is 2.36. The van der Waals surface area contributed by atoms with Crippen LogP contribution in [0.25, 0.3) is 0 Å². The average molecular weight is 213 g/mol. The highest BCUT2D eigenvalue weighted by molar-refractivity contribution is 4.87. The Bertz CT molecular complexity index is 162. The molecule has 2 heteroatoms. The first-order valence-corrected chi connectivity index (χ1v) is 6.57. The monoisotopic (exact) mass is 213 g/mol. The van der Waals surface area contributed by atoms with E-state index >= 15 is 0 Å². The second-order valence-corrected chi connectivity index (χ2v) is 5.32. The number of nitrogens with two attached hydrogens (primary N) is 1. The Morgan fingerprint density at radius 1 is 1.27 bits per heavy atom. The molecule has 0 aromatic heterocycles. The van der Waals surface area contributed by atoms with Crippen molar-refractivity contribution in [3.05, 3.63) is 0 Å². The van der Waals surface area contributed by atoms with Crippen LogP contribution >= 0.6 is 0 Å². The Labute approximate surface area is 94.2 Å². The van der Waals surface area contributed by atoms with Crippen LogP contribution in [0.15, 0.2) is 0 Å². The molecule has 1 aliphatic rings. The molecule has 0 radical (unpaired) electrons. The third-order valence-corrected chi connectivity index (χ3v) is 3.75. The molecule has 1 rings (SSSR count). The summed E-state index contributed by atoms with van der Waals surface area (Å²) in [6.45, 7) is 3.17. The van der Waals surface area contributed by atoms with Gasteiger partial charge in [0.25, 0.3) is 0 Å². The smallest absolute Gasteiger partial charge is 0.0499 e. The van der Waals surface area contributed by atoms with Gasteiger partial charge in [0.1, 0.15) is 0 Å². The molecule has 1 fully saturated rings. The van der Waals surface area contributed by atoms with E-state index in [0.29, 0.717) is 6.54 Å². The predicted octanol–water partition coefficient (Wildman–Crippen LogP) is 2.69. The Kier molecular flexibility index (Phi) is 5.62. The fraction of sp³-hybridized carbons (Fsp3) is 1.00. The Balaban J connectivity index is 2.26. The SMILES string of the molecule is CCCCCCC(CN)(CO)CC1CC1. The first kappa shape index (κ1) is 13.0. The van der Waals surface area contributed by atoms with Gasteiger partial charge in [0.2, 0.25) is 0 Å². The van der Waals surface area contributed by atoms with Crippen molar-refractivity contribution >= 4 is 0 Å². The van der Waals surface area contributed by atoms with Gasteiger partial charge in [-0.05, 0) is 18.8 Å². The van der Waals surface area contributed by atoms with Crippen LogP contribution in [0.4, 0.5) is 0 Å². The molecule has 0 saturated heterocycles. The molecule has 1 aliphatic carbocycles. The van der Waals surface area contributed by atoms with Gasteiger partial charge < -0.3 is 10.8 Å². The summed E-state index contributed by atoms with van der Waals surface area (Å²) in [7, 11) is 0. The average Bonchev–Trinajstić information content (AvgIpc) is 3.06. The van der Waals surface area contributed by atoms with Gasteiger partial charge >= 0.3 is 0 Å². The van der Waals surface area contributed by atoms with Gasteiger partial charge in [0.05, 0.1) is 0 Å². The van der Waals surface area contributed by atoms with E-state index in [2.05, 4.69) is 6.92 Å². The van der Waals surface area contributed by atoms with Crippen molar-refractivity contribution in [3.63, 3.8) is 0 Å². The van der Waals surface area contributed by atoms with E-state index in [1.165, 1.54) is 38.5 Å². The van der Waals surface area contributed by atoms with Gasteiger partial charge in [0.15, 0.2) is 0 Å². The second-order valence-electron chi connectivity index (χ2n) is 5.32. The molecule has 3 N–H and O–H groups in total. The maximum absolute atomic E-state index is 9.53. The lowest BCUT2D eigenvalue weighted by Crippen LogP contribution is -2.34. The van der Waals surface area contributed by atoms with E-state index < -0.39 is 0 Å². The van der Waals surface area contributed by atoms with Crippen molar-refractivity contribution in [2.24, 2.45) is 17.1 Å². The van der Waals surface area contributed by atoms with Gasteiger partial charge in [-0.25, -0.2) is 0 Å². The summed E-state index contributed by atoms with van der Waals surface area (Å²) in [6.07, 6.45) is 10.1. The molecule has 0 aromatic rings. The van der Waals surface area contributed by atoms with Gasteiger partial charge in [-0.15, -0.1) is 0 Å². The lowest BCUT2D eigenvalue weighted by molar-refractivity contribution is 0.103. The quantitative estimate of drug-likeness (QED) is 0.578. The molecule has 2 nitrogen and oxygen atoms in total. The standard InChI is InChI=1S/C13H27NO/c1-2-3-4-5-8-13(10-14,11-15)9-12-6-7-12/h12,15H,2-11,14H2,1H3. The first-order valence-electron chi connectivity index (χ1n) is 6.57. The number of aliphatic hydroxyl groups excluding tert-OH is 1. The van der Waals surface area contributed by atoms with Crippen molar-refractivity contribution in [3.8, 4) is 0 Å². The molecule has 0 heterocycles. The van der Waals surface area contributed by atoms with Crippen molar-refractivity contribution in [1.29, 1.82) is 0 Å². The second kappa shape index (κ2) is 6.49. The summed E-state index contributed by atoms with van der Waals surface area (Å²) in [5.41, 5.74) is 5.90. The summed E-state index contributed by atoms with van der Waals surface area (Å²) >= 11 is 0. The molecule has 1 atom stereocenters. The van der Waals surface area contributed by atoms with Gasteiger partial charge in [0, 0.05) is 18.6 Å². The highest BCUT2D eigenvalue weighted by atomic mass is 16.3. The van der Waals surface area contributed by atoms with E-state index in [-0.39, 0.29) is 12.0 Å². The Morgan fingerprint density at radius 2 is 2.00 bits per heavy atom. The highest BCUT2D eigenvalue weighted by Gasteiger charge is 2.35. The largest absolute Gasteiger partial charge is 0.396 e. The van der Waals surface area contributed by atoms with E-state index in [1.807, 2.05) is 0 Å². The lowest BCUT2D eigenvalue weighted by Gasteiger charge is -2.30. The van der Waals surface area contributed by atoms with Crippen LogP contribution in [0, 0.1) is 11.3 Å². The maximum Gasteiger partial charge on any atom is 0.0499 e. The molecular weight excluding hydrogens is 186 g/mol. The van der Waals surface area contributed by atoms with Crippen molar-refractivity contribution in [1.82, 2.24) is 0 Å². The molecule has 0 amide bonds. The van der Waals surface area contributed by atoms with E-state index in [0.717, 1.165) is 18.8 Å². The van der Waals surface area contributed by atoms with Crippen LogP contribution in [0.1, 0.15) is 58.3 Å². The van der Waals surface area contributed by atoms with Gasteiger partial charge in [-0.3, -0.25) is 0 Å². The summed E-state index contributed by atoms with van der Waals surface area (Å²) in [6, 6.07) is 0.